The fraction of sp³-hybridized carbons (Fsp3) is 0.846. The molecule has 0 spiro atoms. The van der Waals surface area contributed by atoms with E-state index in [1.54, 1.807) is 0 Å². The van der Waals surface area contributed by atoms with Crippen molar-refractivity contribution >= 4 is 12.0 Å². The van der Waals surface area contributed by atoms with Crippen LogP contribution in [0.2, 0.25) is 0 Å². The molecular formula is C13H22N2O3. The van der Waals surface area contributed by atoms with Crippen molar-refractivity contribution in [3.8, 4) is 0 Å². The number of esters is 1. The van der Waals surface area contributed by atoms with E-state index in [0.29, 0.717) is 13.1 Å². The zero-order valence-corrected chi connectivity index (χ0v) is 11.1. The van der Waals surface area contributed by atoms with E-state index in [1.165, 1.54) is 13.5 Å². The lowest BCUT2D eigenvalue weighted by molar-refractivity contribution is -0.146. The van der Waals surface area contributed by atoms with E-state index in [2.05, 4.69) is 0 Å². The maximum absolute atomic E-state index is 12.2. The summed E-state index contributed by atoms with van der Waals surface area (Å²) in [7, 11) is 1.42. The van der Waals surface area contributed by atoms with Gasteiger partial charge in [0, 0.05) is 26.2 Å². The second kappa shape index (κ2) is 6.07. The quantitative estimate of drug-likeness (QED) is 0.666. The third-order valence-corrected chi connectivity index (χ3v) is 3.93. The van der Waals surface area contributed by atoms with Crippen molar-refractivity contribution in [3.05, 3.63) is 0 Å². The highest BCUT2D eigenvalue weighted by atomic mass is 16.5. The monoisotopic (exact) mass is 254 g/mol. The van der Waals surface area contributed by atoms with E-state index >= 15 is 0 Å². The molecule has 2 saturated heterocycles. The summed E-state index contributed by atoms with van der Waals surface area (Å²) >= 11 is 0. The number of hydrogen-bond acceptors (Lipinski definition) is 3. The fourth-order valence-corrected chi connectivity index (χ4v) is 2.76. The summed E-state index contributed by atoms with van der Waals surface area (Å²) in [5.74, 6) is -0.166. The summed E-state index contributed by atoms with van der Waals surface area (Å²) < 4.78 is 4.75. The van der Waals surface area contributed by atoms with Crippen LogP contribution in [0.25, 0.3) is 0 Å². The zero-order chi connectivity index (χ0) is 13.0. The highest BCUT2D eigenvalue weighted by Gasteiger charge is 2.30. The lowest BCUT2D eigenvalue weighted by Gasteiger charge is -2.36. The van der Waals surface area contributed by atoms with Crippen LogP contribution in [-0.2, 0) is 9.53 Å². The number of carbonyl (C=O) groups excluding carboxylic acids is 2. The summed E-state index contributed by atoms with van der Waals surface area (Å²) in [5.41, 5.74) is 0. The van der Waals surface area contributed by atoms with E-state index in [1.807, 2.05) is 9.80 Å². The molecule has 5 nitrogen and oxygen atoms in total. The maximum Gasteiger partial charge on any atom is 0.319 e. The Labute approximate surface area is 108 Å². The molecule has 0 saturated carbocycles. The van der Waals surface area contributed by atoms with E-state index in [9.17, 15) is 9.59 Å². The zero-order valence-electron chi connectivity index (χ0n) is 11.1. The minimum Gasteiger partial charge on any atom is -0.469 e. The number of ether oxygens (including phenoxy) is 1. The molecular weight excluding hydrogens is 232 g/mol. The average Bonchev–Trinajstić information content (AvgIpc) is 2.47. The minimum absolute atomic E-state index is 0.0274. The number of amides is 2. The van der Waals surface area contributed by atoms with Crippen LogP contribution in [0.4, 0.5) is 4.79 Å². The van der Waals surface area contributed by atoms with Crippen molar-refractivity contribution in [2.75, 3.05) is 33.3 Å². The van der Waals surface area contributed by atoms with Crippen molar-refractivity contribution < 1.29 is 14.3 Å². The molecule has 0 aromatic heterocycles. The Morgan fingerprint density at radius 2 is 1.50 bits per heavy atom. The first kappa shape index (κ1) is 13.2. The molecule has 18 heavy (non-hydrogen) atoms. The number of rotatable bonds is 1. The number of carbonyl (C=O) groups is 2. The Balaban J connectivity index is 1.81. The molecule has 0 N–H and O–H groups in total. The molecule has 2 fully saturated rings. The summed E-state index contributed by atoms with van der Waals surface area (Å²) in [4.78, 5) is 27.5. The summed E-state index contributed by atoms with van der Waals surface area (Å²) in [6, 6.07) is 0.151. The molecule has 0 atom stereocenters. The van der Waals surface area contributed by atoms with Gasteiger partial charge in [-0.05, 0) is 32.1 Å². The van der Waals surface area contributed by atoms with Crippen molar-refractivity contribution in [2.45, 2.75) is 32.1 Å². The number of urea groups is 1. The predicted octanol–water partition coefficient (Wildman–Crippen LogP) is 1.48. The standard InChI is InChI=1S/C13H22N2O3/c1-18-12(16)11-5-9-15(10-6-11)13(17)14-7-3-2-4-8-14/h11H,2-10H2,1H3. The van der Waals surface area contributed by atoms with Crippen LogP contribution >= 0.6 is 0 Å². The van der Waals surface area contributed by atoms with Gasteiger partial charge in [0.15, 0.2) is 0 Å². The Morgan fingerprint density at radius 3 is 2.06 bits per heavy atom. The summed E-state index contributed by atoms with van der Waals surface area (Å²) in [6.45, 7) is 3.12. The Bertz CT molecular complexity index is 305. The summed E-state index contributed by atoms with van der Waals surface area (Å²) in [6.07, 6.45) is 4.92. The van der Waals surface area contributed by atoms with Gasteiger partial charge >= 0.3 is 12.0 Å². The van der Waals surface area contributed by atoms with Gasteiger partial charge in [-0.3, -0.25) is 4.79 Å². The first-order chi connectivity index (χ1) is 8.72. The van der Waals surface area contributed by atoms with Gasteiger partial charge in [-0.1, -0.05) is 0 Å². The Kier molecular flexibility index (Phi) is 4.44. The van der Waals surface area contributed by atoms with Crippen LogP contribution in [0.5, 0.6) is 0 Å². The normalized spacial score (nSPS) is 21.8. The SMILES string of the molecule is COC(=O)C1CCN(C(=O)N2CCCCC2)CC1. The van der Waals surface area contributed by atoms with Crippen LogP contribution in [0, 0.1) is 5.92 Å². The highest BCUT2D eigenvalue weighted by molar-refractivity contribution is 5.76. The third kappa shape index (κ3) is 2.94. The van der Waals surface area contributed by atoms with E-state index in [4.69, 9.17) is 4.74 Å². The van der Waals surface area contributed by atoms with Crippen molar-refractivity contribution in [1.82, 2.24) is 9.80 Å². The summed E-state index contributed by atoms with van der Waals surface area (Å²) in [5, 5.41) is 0. The van der Waals surface area contributed by atoms with Crippen molar-refractivity contribution in [3.63, 3.8) is 0 Å². The van der Waals surface area contributed by atoms with Crippen molar-refractivity contribution in [1.29, 1.82) is 0 Å². The topological polar surface area (TPSA) is 49.9 Å². The molecule has 2 aliphatic rings. The molecule has 2 heterocycles. The van der Waals surface area contributed by atoms with Gasteiger partial charge < -0.3 is 14.5 Å². The fourth-order valence-electron chi connectivity index (χ4n) is 2.76. The van der Waals surface area contributed by atoms with E-state index in [-0.39, 0.29) is 17.9 Å². The van der Waals surface area contributed by atoms with Gasteiger partial charge in [-0.25, -0.2) is 4.79 Å². The largest absolute Gasteiger partial charge is 0.469 e. The molecule has 102 valence electrons. The van der Waals surface area contributed by atoms with Crippen LogP contribution in [-0.4, -0.2) is 55.1 Å². The first-order valence-corrected chi connectivity index (χ1v) is 6.84. The Hall–Kier alpha value is -1.26. The molecule has 2 aliphatic heterocycles. The second-order valence-corrected chi connectivity index (χ2v) is 5.11. The van der Waals surface area contributed by atoms with Gasteiger partial charge in [-0.2, -0.15) is 0 Å². The van der Waals surface area contributed by atoms with Gasteiger partial charge in [0.05, 0.1) is 13.0 Å². The molecule has 0 unspecified atom stereocenters. The third-order valence-electron chi connectivity index (χ3n) is 3.93. The van der Waals surface area contributed by atoms with Crippen molar-refractivity contribution in [2.24, 2.45) is 5.92 Å². The molecule has 0 aliphatic carbocycles. The highest BCUT2D eigenvalue weighted by Crippen LogP contribution is 2.20. The number of piperidine rings is 2. The lowest BCUT2D eigenvalue weighted by Crippen LogP contribution is -2.49. The number of hydrogen-bond donors (Lipinski definition) is 0. The molecule has 0 radical (unpaired) electrons. The minimum atomic E-state index is -0.139. The molecule has 0 aromatic rings. The van der Waals surface area contributed by atoms with Crippen LogP contribution < -0.4 is 0 Å². The average molecular weight is 254 g/mol. The number of methoxy groups -OCH3 is 1. The molecule has 0 bridgehead atoms. The molecule has 5 heteroatoms. The van der Waals surface area contributed by atoms with Gasteiger partial charge in [-0.15, -0.1) is 0 Å². The number of nitrogens with zero attached hydrogens (tertiary/aromatic N) is 2. The smallest absolute Gasteiger partial charge is 0.319 e. The van der Waals surface area contributed by atoms with E-state index in [0.717, 1.165) is 38.8 Å². The van der Waals surface area contributed by atoms with Crippen LogP contribution in [0.15, 0.2) is 0 Å². The molecule has 2 amide bonds. The van der Waals surface area contributed by atoms with Crippen LogP contribution in [0.1, 0.15) is 32.1 Å². The van der Waals surface area contributed by atoms with Gasteiger partial charge in [0.25, 0.3) is 0 Å². The molecule has 0 aromatic carbocycles. The lowest BCUT2D eigenvalue weighted by atomic mass is 9.97. The maximum atomic E-state index is 12.2. The van der Waals surface area contributed by atoms with Gasteiger partial charge in [0.2, 0.25) is 0 Å². The Morgan fingerprint density at radius 1 is 0.944 bits per heavy atom. The predicted molar refractivity (Wildman–Crippen MR) is 67.1 cm³/mol. The van der Waals surface area contributed by atoms with Crippen LogP contribution in [0.3, 0.4) is 0 Å². The van der Waals surface area contributed by atoms with E-state index < -0.39 is 0 Å². The number of likely N-dealkylation sites (tertiary alicyclic amines) is 2. The molecule has 2 rings (SSSR count). The first-order valence-electron chi connectivity index (χ1n) is 6.84. The second-order valence-electron chi connectivity index (χ2n) is 5.11. The van der Waals surface area contributed by atoms with Gasteiger partial charge in [0.1, 0.15) is 0 Å².